The molecule has 0 saturated heterocycles. The predicted molar refractivity (Wildman–Crippen MR) is 93.2 cm³/mol. The third kappa shape index (κ3) is 2.96. The Bertz CT molecular complexity index is 863. The van der Waals surface area contributed by atoms with Gasteiger partial charge in [0.15, 0.2) is 0 Å². The van der Waals surface area contributed by atoms with Gasteiger partial charge in [0.25, 0.3) is 5.91 Å². The maximum atomic E-state index is 12.2. The van der Waals surface area contributed by atoms with Gasteiger partial charge in [-0.1, -0.05) is 30.3 Å². The molecule has 1 unspecified atom stereocenters. The smallest absolute Gasteiger partial charge is 0.255 e. The zero-order chi connectivity index (χ0) is 16.4. The molecule has 6 heteroatoms. The van der Waals surface area contributed by atoms with Gasteiger partial charge >= 0.3 is 0 Å². The van der Waals surface area contributed by atoms with Crippen LogP contribution in [0.1, 0.15) is 27.2 Å². The van der Waals surface area contributed by atoms with Gasteiger partial charge in [0.2, 0.25) is 0 Å². The van der Waals surface area contributed by atoms with Crippen LogP contribution in [0.5, 0.6) is 5.75 Å². The average molecular weight is 337 g/mol. The van der Waals surface area contributed by atoms with Crippen molar-refractivity contribution in [3.8, 4) is 5.75 Å². The highest BCUT2D eigenvalue weighted by Gasteiger charge is 2.25. The molecule has 24 heavy (non-hydrogen) atoms. The van der Waals surface area contributed by atoms with Gasteiger partial charge in [-0.3, -0.25) is 4.79 Å². The lowest BCUT2D eigenvalue weighted by molar-refractivity contribution is 0.0935. The first kappa shape index (κ1) is 14.7. The fourth-order valence-electron chi connectivity index (χ4n) is 2.54. The molecule has 1 aromatic heterocycles. The lowest BCUT2D eigenvalue weighted by Crippen LogP contribution is -2.38. The van der Waals surface area contributed by atoms with E-state index in [-0.39, 0.29) is 12.1 Å². The number of nitrogens with zero attached hydrogens (tertiary/aromatic N) is 1. The van der Waals surface area contributed by atoms with Gasteiger partial charge in [-0.2, -0.15) is 0 Å². The van der Waals surface area contributed by atoms with Crippen LogP contribution in [-0.2, 0) is 6.61 Å². The molecule has 0 aliphatic carbocycles. The molecule has 1 atom stereocenters. The number of thiazole rings is 1. The van der Waals surface area contributed by atoms with E-state index in [0.29, 0.717) is 12.2 Å². The van der Waals surface area contributed by atoms with Crippen molar-refractivity contribution in [1.82, 2.24) is 10.3 Å². The van der Waals surface area contributed by atoms with Crippen molar-refractivity contribution in [1.29, 1.82) is 0 Å². The number of anilines is 1. The lowest BCUT2D eigenvalue weighted by atomic mass is 10.1. The molecule has 2 aromatic carbocycles. The molecule has 0 saturated carbocycles. The van der Waals surface area contributed by atoms with Gasteiger partial charge in [-0.05, 0) is 24.3 Å². The number of amides is 1. The van der Waals surface area contributed by atoms with Crippen LogP contribution < -0.4 is 15.4 Å². The summed E-state index contributed by atoms with van der Waals surface area (Å²) in [4.78, 5) is 16.8. The minimum Gasteiger partial charge on any atom is -0.486 e. The van der Waals surface area contributed by atoms with Crippen molar-refractivity contribution < 1.29 is 9.53 Å². The van der Waals surface area contributed by atoms with Crippen LogP contribution in [0, 0.1) is 0 Å². The predicted octanol–water partition coefficient (Wildman–Crippen LogP) is 3.58. The first-order chi connectivity index (χ1) is 11.8. The molecule has 3 aromatic rings. The highest BCUT2D eigenvalue weighted by atomic mass is 32.1. The highest BCUT2D eigenvalue weighted by molar-refractivity contribution is 7.09. The van der Waals surface area contributed by atoms with Gasteiger partial charge in [-0.25, -0.2) is 4.98 Å². The number of nitrogens with one attached hydrogen (secondary N) is 2. The molecule has 0 bridgehead atoms. The van der Waals surface area contributed by atoms with Crippen molar-refractivity contribution >= 4 is 22.9 Å². The zero-order valence-electron chi connectivity index (χ0n) is 12.7. The molecular weight excluding hydrogens is 322 g/mol. The zero-order valence-corrected chi connectivity index (χ0v) is 13.5. The number of aromatic nitrogens is 1. The van der Waals surface area contributed by atoms with E-state index in [4.69, 9.17) is 4.74 Å². The first-order valence-corrected chi connectivity index (χ1v) is 8.46. The van der Waals surface area contributed by atoms with Crippen LogP contribution in [-0.4, -0.2) is 10.9 Å². The topological polar surface area (TPSA) is 63.2 Å². The molecule has 1 aliphatic rings. The number of ether oxygens (including phenoxy) is 1. The molecule has 0 radical (unpaired) electrons. The van der Waals surface area contributed by atoms with E-state index in [2.05, 4.69) is 15.6 Å². The Kier molecular flexibility index (Phi) is 3.88. The molecule has 0 fully saturated rings. The number of carbonyl (C=O) groups excluding carboxylic acids is 1. The fraction of sp³-hybridized carbons (Fsp3) is 0.111. The van der Waals surface area contributed by atoms with Crippen molar-refractivity contribution in [3.63, 3.8) is 0 Å². The van der Waals surface area contributed by atoms with E-state index in [1.807, 2.05) is 53.9 Å². The summed E-state index contributed by atoms with van der Waals surface area (Å²) in [6, 6.07) is 17.1. The number of fused-ring (bicyclic) bond motifs is 1. The largest absolute Gasteiger partial charge is 0.486 e. The number of rotatable bonds is 4. The minimum atomic E-state index is -0.325. The normalized spacial score (nSPS) is 16.0. The second-order valence-electron chi connectivity index (χ2n) is 5.36. The third-order valence-corrected chi connectivity index (χ3v) is 4.56. The van der Waals surface area contributed by atoms with Crippen LogP contribution in [0.2, 0.25) is 0 Å². The molecule has 4 rings (SSSR count). The van der Waals surface area contributed by atoms with Crippen LogP contribution in [0.3, 0.4) is 0 Å². The monoisotopic (exact) mass is 337 g/mol. The van der Waals surface area contributed by atoms with Gasteiger partial charge in [0, 0.05) is 11.1 Å². The minimum absolute atomic E-state index is 0.0931. The quantitative estimate of drug-likeness (QED) is 0.764. The maximum Gasteiger partial charge on any atom is 0.255 e. The molecule has 120 valence electrons. The average Bonchev–Trinajstić information content (AvgIpc) is 3.10. The number of para-hydroxylation sites is 2. The van der Waals surface area contributed by atoms with Gasteiger partial charge in [0.05, 0.1) is 11.3 Å². The summed E-state index contributed by atoms with van der Waals surface area (Å²) >= 11 is 1.52. The molecule has 0 spiro atoms. The Morgan fingerprint density at radius 3 is 2.71 bits per heavy atom. The second-order valence-corrected chi connectivity index (χ2v) is 6.31. The Hall–Kier alpha value is -2.86. The highest BCUT2D eigenvalue weighted by Crippen LogP contribution is 2.27. The van der Waals surface area contributed by atoms with Crippen LogP contribution in [0.4, 0.5) is 5.69 Å². The Morgan fingerprint density at radius 2 is 1.83 bits per heavy atom. The van der Waals surface area contributed by atoms with Crippen molar-refractivity contribution in [2.24, 2.45) is 0 Å². The number of hydrogen-bond acceptors (Lipinski definition) is 5. The summed E-state index contributed by atoms with van der Waals surface area (Å²) < 4.78 is 5.71. The Labute approximate surface area is 143 Å². The number of carbonyl (C=O) groups is 1. The van der Waals surface area contributed by atoms with E-state index in [1.54, 1.807) is 6.07 Å². The number of benzene rings is 2. The summed E-state index contributed by atoms with van der Waals surface area (Å²) in [5.74, 6) is 0.719. The molecule has 5 nitrogen and oxygen atoms in total. The van der Waals surface area contributed by atoms with E-state index in [1.165, 1.54) is 11.3 Å². The van der Waals surface area contributed by atoms with Gasteiger partial charge in [-0.15, -0.1) is 11.3 Å². The summed E-state index contributed by atoms with van der Waals surface area (Å²) in [7, 11) is 0. The summed E-state index contributed by atoms with van der Waals surface area (Å²) in [6.07, 6.45) is -0.325. The van der Waals surface area contributed by atoms with Crippen molar-refractivity contribution in [3.05, 3.63) is 76.2 Å². The Morgan fingerprint density at radius 1 is 1.04 bits per heavy atom. The Balaban J connectivity index is 1.46. The SMILES string of the molecule is O=C1NC(c2csc(COc3ccccc3)n2)Nc2ccccc21. The molecule has 1 aliphatic heterocycles. The third-order valence-electron chi connectivity index (χ3n) is 3.72. The van der Waals surface area contributed by atoms with Crippen molar-refractivity contribution in [2.75, 3.05) is 5.32 Å². The fourth-order valence-corrected chi connectivity index (χ4v) is 3.27. The van der Waals surface area contributed by atoms with E-state index < -0.39 is 0 Å². The second kappa shape index (κ2) is 6.33. The molecule has 1 amide bonds. The van der Waals surface area contributed by atoms with Crippen molar-refractivity contribution in [2.45, 2.75) is 12.8 Å². The molecule has 2 heterocycles. The number of hydrogen-bond donors (Lipinski definition) is 2. The lowest BCUT2D eigenvalue weighted by Gasteiger charge is -2.26. The standard InChI is InChI=1S/C18H15N3O2S/c22-18-13-8-4-5-9-14(13)20-17(21-18)15-11-24-16(19-15)10-23-12-6-2-1-3-7-12/h1-9,11,17,20H,10H2,(H,21,22). The van der Waals surface area contributed by atoms with Gasteiger partial charge in [0.1, 0.15) is 23.5 Å². The molecular formula is C18H15N3O2S. The van der Waals surface area contributed by atoms with E-state index in [0.717, 1.165) is 22.1 Å². The first-order valence-electron chi connectivity index (χ1n) is 7.58. The van der Waals surface area contributed by atoms with E-state index in [9.17, 15) is 4.79 Å². The summed E-state index contributed by atoms with van der Waals surface area (Å²) in [5, 5.41) is 9.04. The summed E-state index contributed by atoms with van der Waals surface area (Å²) in [6.45, 7) is 0.409. The van der Waals surface area contributed by atoms with Crippen LogP contribution >= 0.6 is 11.3 Å². The van der Waals surface area contributed by atoms with E-state index >= 15 is 0 Å². The summed E-state index contributed by atoms with van der Waals surface area (Å²) in [5.41, 5.74) is 2.26. The van der Waals surface area contributed by atoms with Gasteiger partial charge < -0.3 is 15.4 Å². The molecule has 2 N–H and O–H groups in total. The maximum absolute atomic E-state index is 12.2. The van der Waals surface area contributed by atoms with Crippen LogP contribution in [0.15, 0.2) is 60.0 Å². The van der Waals surface area contributed by atoms with Crippen LogP contribution in [0.25, 0.3) is 0 Å².